The van der Waals surface area contributed by atoms with Gasteiger partial charge in [0.05, 0.1) is 11.2 Å². The summed E-state index contributed by atoms with van der Waals surface area (Å²) in [5.41, 5.74) is 0.433. The van der Waals surface area contributed by atoms with Gasteiger partial charge in [-0.05, 0) is 25.3 Å². The minimum absolute atomic E-state index is 0.0152. The molecule has 5 rings (SSSR count). The van der Waals surface area contributed by atoms with Crippen LogP contribution in [0.15, 0.2) is 11.6 Å². The Morgan fingerprint density at radius 3 is 2.95 bits per heavy atom. The molecule has 112 valence electrons. The van der Waals surface area contributed by atoms with E-state index in [1.54, 1.807) is 0 Å². The number of ether oxygens (including phenoxy) is 3. The smallest absolute Gasteiger partial charge is 0.337 e. The predicted molar refractivity (Wildman–Crippen MR) is 70.3 cm³/mol. The molecule has 0 aromatic carbocycles. The molecule has 3 fully saturated rings. The van der Waals surface area contributed by atoms with Gasteiger partial charge < -0.3 is 14.2 Å². The zero-order valence-electron chi connectivity index (χ0n) is 12.1. The van der Waals surface area contributed by atoms with E-state index in [2.05, 4.69) is 6.92 Å². The molecule has 2 bridgehead atoms. The molecule has 8 atom stereocenters. The van der Waals surface area contributed by atoms with Crippen LogP contribution in [0.1, 0.15) is 26.7 Å². The van der Waals surface area contributed by atoms with Crippen molar-refractivity contribution >= 4 is 11.8 Å². The quantitative estimate of drug-likeness (QED) is 0.492. The Morgan fingerprint density at radius 2 is 2.14 bits per heavy atom. The summed E-state index contributed by atoms with van der Waals surface area (Å²) in [5, 5.41) is 0. The fourth-order valence-electron chi connectivity index (χ4n) is 4.80. The molecule has 5 nitrogen and oxygen atoms in total. The van der Waals surface area contributed by atoms with Crippen molar-refractivity contribution in [2.24, 2.45) is 17.8 Å². The number of fused-ring (bicyclic) bond motifs is 7. The van der Waals surface area contributed by atoms with Gasteiger partial charge in [0.2, 0.25) is 0 Å². The van der Waals surface area contributed by atoms with Gasteiger partial charge in [-0.15, -0.1) is 0 Å². The number of ketones is 1. The number of rotatable bonds is 0. The monoisotopic (exact) mass is 290 g/mol. The Labute approximate surface area is 122 Å². The van der Waals surface area contributed by atoms with Gasteiger partial charge in [0.1, 0.15) is 30.2 Å². The molecule has 21 heavy (non-hydrogen) atoms. The van der Waals surface area contributed by atoms with Crippen LogP contribution in [0.2, 0.25) is 0 Å². The Hall–Kier alpha value is -1.20. The molecule has 0 radical (unpaired) electrons. The number of Topliss-reactive ketones (excluding diaryl/α,β-unsaturated/α-hetero) is 1. The number of hydrogen-bond acceptors (Lipinski definition) is 5. The Morgan fingerprint density at radius 1 is 1.33 bits per heavy atom. The second kappa shape index (κ2) is 3.58. The van der Waals surface area contributed by atoms with Crippen LogP contribution < -0.4 is 0 Å². The Bertz CT molecular complexity index is 595. The summed E-state index contributed by atoms with van der Waals surface area (Å²) in [5.74, 6) is 0.257. The van der Waals surface area contributed by atoms with E-state index in [-0.39, 0.29) is 59.5 Å². The molecule has 0 unspecified atom stereocenters. The predicted octanol–water partition coefficient (Wildman–Crippen LogP) is 1.01. The van der Waals surface area contributed by atoms with Crippen LogP contribution in [0.5, 0.6) is 0 Å². The van der Waals surface area contributed by atoms with Crippen LogP contribution in [0, 0.1) is 17.8 Å². The third kappa shape index (κ3) is 1.53. The highest BCUT2D eigenvalue weighted by molar-refractivity contribution is 5.93. The van der Waals surface area contributed by atoms with Crippen molar-refractivity contribution in [1.29, 1.82) is 0 Å². The molecule has 2 aliphatic carbocycles. The molecule has 0 amide bonds. The van der Waals surface area contributed by atoms with Gasteiger partial charge in [0, 0.05) is 18.3 Å². The first-order valence-electron chi connectivity index (χ1n) is 7.76. The van der Waals surface area contributed by atoms with Crippen LogP contribution in [0.4, 0.5) is 0 Å². The summed E-state index contributed by atoms with van der Waals surface area (Å²) >= 11 is 0. The average molecular weight is 290 g/mol. The fourth-order valence-corrected chi connectivity index (χ4v) is 4.80. The standard InChI is InChI=1S/C16H18O5/c1-6-9(17)3-7-5-16(2)14(21-16)13-12(20-13)8-4-10(11(6)7)19-15(8)18/h4,6-7,10-14H,3,5H2,1-2H3/t6-,7-,10+,11+,12+,13+,14-,16-/m0/s1. The van der Waals surface area contributed by atoms with Crippen LogP contribution in [-0.2, 0) is 23.8 Å². The lowest BCUT2D eigenvalue weighted by molar-refractivity contribution is -0.143. The van der Waals surface area contributed by atoms with Crippen molar-refractivity contribution in [3.05, 3.63) is 11.6 Å². The maximum atomic E-state index is 12.2. The molecule has 3 heterocycles. The van der Waals surface area contributed by atoms with Gasteiger partial charge in [-0.2, -0.15) is 0 Å². The van der Waals surface area contributed by atoms with E-state index in [0.29, 0.717) is 12.0 Å². The van der Waals surface area contributed by atoms with Crippen LogP contribution in [0.25, 0.3) is 0 Å². The van der Waals surface area contributed by atoms with Crippen molar-refractivity contribution in [1.82, 2.24) is 0 Å². The molecule has 0 N–H and O–H groups in total. The Kier molecular flexibility index (Phi) is 2.11. The molecule has 0 spiro atoms. The molecular formula is C16H18O5. The lowest BCUT2D eigenvalue weighted by Crippen LogP contribution is -2.31. The van der Waals surface area contributed by atoms with Gasteiger partial charge in [-0.1, -0.05) is 6.92 Å². The third-order valence-corrected chi connectivity index (χ3v) is 6.03. The van der Waals surface area contributed by atoms with Gasteiger partial charge in [-0.25, -0.2) is 4.79 Å². The van der Waals surface area contributed by atoms with Crippen molar-refractivity contribution < 1.29 is 23.8 Å². The van der Waals surface area contributed by atoms with Gasteiger partial charge >= 0.3 is 5.97 Å². The zero-order valence-corrected chi connectivity index (χ0v) is 12.1. The number of esters is 1. The molecule has 0 aromatic heterocycles. The summed E-state index contributed by atoms with van der Waals surface area (Å²) in [6, 6.07) is 0. The summed E-state index contributed by atoms with van der Waals surface area (Å²) in [7, 11) is 0. The first-order valence-corrected chi connectivity index (χ1v) is 7.76. The summed E-state index contributed by atoms with van der Waals surface area (Å²) in [6.07, 6.45) is 2.93. The van der Waals surface area contributed by atoms with E-state index >= 15 is 0 Å². The number of epoxide rings is 2. The Balaban J connectivity index is 1.57. The highest BCUT2D eigenvalue weighted by atomic mass is 16.7. The van der Waals surface area contributed by atoms with E-state index in [4.69, 9.17) is 14.2 Å². The van der Waals surface area contributed by atoms with Crippen molar-refractivity contribution in [2.75, 3.05) is 0 Å². The van der Waals surface area contributed by atoms with E-state index in [1.807, 2.05) is 13.0 Å². The first-order chi connectivity index (χ1) is 9.98. The van der Waals surface area contributed by atoms with E-state index in [9.17, 15) is 9.59 Å². The fraction of sp³-hybridized carbons (Fsp3) is 0.750. The largest absolute Gasteiger partial charge is 0.454 e. The summed E-state index contributed by atoms with van der Waals surface area (Å²) in [6.45, 7) is 4.06. The zero-order chi connectivity index (χ0) is 14.5. The molecule has 2 saturated heterocycles. The van der Waals surface area contributed by atoms with Crippen LogP contribution in [0.3, 0.4) is 0 Å². The normalized spacial score (nSPS) is 56.9. The minimum Gasteiger partial charge on any atom is -0.454 e. The second-order valence-corrected chi connectivity index (χ2v) is 7.37. The van der Waals surface area contributed by atoms with Crippen molar-refractivity contribution in [2.45, 2.75) is 56.7 Å². The maximum absolute atomic E-state index is 12.2. The van der Waals surface area contributed by atoms with Gasteiger partial charge in [-0.3, -0.25) is 4.79 Å². The van der Waals surface area contributed by atoms with E-state index < -0.39 is 0 Å². The summed E-state index contributed by atoms with van der Waals surface area (Å²) < 4.78 is 17.1. The molecule has 3 aliphatic heterocycles. The minimum atomic E-state index is -0.276. The lowest BCUT2D eigenvalue weighted by Gasteiger charge is -2.27. The number of carbonyl (C=O) groups excluding carboxylic acids is 2. The lowest BCUT2D eigenvalue weighted by atomic mass is 9.78. The topological polar surface area (TPSA) is 68.4 Å². The van der Waals surface area contributed by atoms with Gasteiger partial charge in [0.25, 0.3) is 0 Å². The van der Waals surface area contributed by atoms with E-state index in [0.717, 1.165) is 6.42 Å². The maximum Gasteiger partial charge on any atom is 0.337 e. The van der Waals surface area contributed by atoms with Crippen LogP contribution in [-0.4, -0.2) is 41.8 Å². The van der Waals surface area contributed by atoms with Crippen molar-refractivity contribution in [3.8, 4) is 0 Å². The highest BCUT2D eigenvalue weighted by Gasteiger charge is 2.68. The summed E-state index contributed by atoms with van der Waals surface area (Å²) in [4.78, 5) is 24.3. The average Bonchev–Trinajstić information content (AvgIpc) is 3.25. The second-order valence-electron chi connectivity index (χ2n) is 7.37. The van der Waals surface area contributed by atoms with Gasteiger partial charge in [0.15, 0.2) is 0 Å². The SMILES string of the molecule is C[C@H]1C(=O)C[C@H]2C[C@]3(C)O[C@H]3[C@@H]3O[C@@H]3C3=C[C@@H](OC3=O)[C@@H]21. The first kappa shape index (κ1) is 12.4. The molecule has 5 heteroatoms. The molecule has 5 aliphatic rings. The van der Waals surface area contributed by atoms with Crippen LogP contribution >= 0.6 is 0 Å². The third-order valence-electron chi connectivity index (χ3n) is 6.03. The molecule has 1 saturated carbocycles. The molecular weight excluding hydrogens is 272 g/mol. The van der Waals surface area contributed by atoms with E-state index in [1.165, 1.54) is 0 Å². The highest BCUT2D eigenvalue weighted by Crippen LogP contribution is 2.56. The van der Waals surface area contributed by atoms with Crippen molar-refractivity contribution in [3.63, 3.8) is 0 Å². The molecule has 0 aromatic rings. The number of carbonyl (C=O) groups is 2. The number of hydrogen-bond donors (Lipinski definition) is 0.